The Hall–Kier alpha value is -2.36. The number of carbonyl (C=O) groups excluding carboxylic acids is 1. The van der Waals surface area contributed by atoms with E-state index in [-0.39, 0.29) is 5.91 Å². The molecule has 2 rings (SSSR count). The van der Waals surface area contributed by atoms with E-state index < -0.39 is 0 Å². The molecule has 98 valence electrons. The van der Waals surface area contributed by atoms with E-state index in [4.69, 9.17) is 5.73 Å². The summed E-state index contributed by atoms with van der Waals surface area (Å²) in [5.74, 6) is 0.317. The van der Waals surface area contributed by atoms with Gasteiger partial charge in [-0.25, -0.2) is 4.98 Å². The molecular formula is C15H17N3O. The molecule has 2 N–H and O–H groups in total. The summed E-state index contributed by atoms with van der Waals surface area (Å²) in [5.41, 5.74) is 8.08. The molecule has 0 spiro atoms. The Bertz CT molecular complexity index is 561. The third-order valence-corrected chi connectivity index (χ3v) is 2.83. The van der Waals surface area contributed by atoms with Crippen LogP contribution in [0.15, 0.2) is 42.5 Å². The summed E-state index contributed by atoms with van der Waals surface area (Å²) >= 11 is 0. The zero-order valence-corrected chi connectivity index (χ0v) is 11.1. The summed E-state index contributed by atoms with van der Waals surface area (Å²) in [6, 6.07) is 13.2. The van der Waals surface area contributed by atoms with Crippen molar-refractivity contribution in [2.45, 2.75) is 13.5 Å². The van der Waals surface area contributed by atoms with E-state index in [0.717, 1.165) is 11.3 Å². The van der Waals surface area contributed by atoms with Crippen molar-refractivity contribution in [1.29, 1.82) is 0 Å². The fraction of sp³-hybridized carbons (Fsp3) is 0.200. The molecule has 0 aliphatic carbocycles. The second-order valence-electron chi connectivity index (χ2n) is 4.57. The highest BCUT2D eigenvalue weighted by Gasteiger charge is 2.13. The maximum absolute atomic E-state index is 12.3. The standard InChI is InChI=1S/C15H17N3O/c1-11-8-13(9-14(16)17-11)15(19)18(2)10-12-6-4-3-5-7-12/h3-9H,10H2,1-2H3,(H2,16,17). The van der Waals surface area contributed by atoms with E-state index in [1.807, 2.05) is 37.3 Å². The first-order valence-corrected chi connectivity index (χ1v) is 6.10. The van der Waals surface area contributed by atoms with Crippen LogP contribution >= 0.6 is 0 Å². The molecule has 0 aliphatic heterocycles. The molecule has 1 aromatic heterocycles. The van der Waals surface area contributed by atoms with Crippen LogP contribution in [0.25, 0.3) is 0 Å². The van der Waals surface area contributed by atoms with Crippen LogP contribution in [0.2, 0.25) is 0 Å². The van der Waals surface area contributed by atoms with Gasteiger partial charge in [-0.05, 0) is 24.6 Å². The van der Waals surface area contributed by atoms with E-state index in [9.17, 15) is 4.79 Å². The number of carbonyl (C=O) groups is 1. The minimum atomic E-state index is -0.0546. The molecule has 2 aromatic rings. The van der Waals surface area contributed by atoms with E-state index in [1.165, 1.54) is 0 Å². The monoisotopic (exact) mass is 255 g/mol. The number of aryl methyl sites for hydroxylation is 1. The van der Waals surface area contributed by atoms with Gasteiger partial charge in [-0.1, -0.05) is 30.3 Å². The van der Waals surface area contributed by atoms with Gasteiger partial charge in [0.25, 0.3) is 5.91 Å². The van der Waals surface area contributed by atoms with Gasteiger partial charge in [-0.3, -0.25) is 4.79 Å². The van der Waals surface area contributed by atoms with Crippen molar-refractivity contribution in [2.75, 3.05) is 12.8 Å². The molecule has 4 heteroatoms. The molecule has 19 heavy (non-hydrogen) atoms. The number of nitrogens with two attached hydrogens (primary N) is 1. The Kier molecular flexibility index (Phi) is 3.80. The highest BCUT2D eigenvalue weighted by atomic mass is 16.2. The smallest absolute Gasteiger partial charge is 0.254 e. The molecule has 0 fully saturated rings. The number of benzene rings is 1. The number of nitrogen functional groups attached to an aromatic ring is 1. The lowest BCUT2D eigenvalue weighted by molar-refractivity contribution is 0.0785. The fourth-order valence-corrected chi connectivity index (χ4v) is 1.97. The van der Waals surface area contributed by atoms with Gasteiger partial charge in [0.1, 0.15) is 5.82 Å². The Morgan fingerprint density at radius 3 is 2.58 bits per heavy atom. The average Bonchev–Trinajstić information content (AvgIpc) is 2.37. The number of aromatic nitrogens is 1. The summed E-state index contributed by atoms with van der Waals surface area (Å²) in [6.45, 7) is 2.39. The van der Waals surface area contributed by atoms with Crippen molar-refractivity contribution in [3.8, 4) is 0 Å². The van der Waals surface area contributed by atoms with Gasteiger partial charge in [0.05, 0.1) is 0 Å². The van der Waals surface area contributed by atoms with Gasteiger partial charge in [-0.2, -0.15) is 0 Å². The molecule has 0 radical (unpaired) electrons. The zero-order valence-electron chi connectivity index (χ0n) is 11.1. The lowest BCUT2D eigenvalue weighted by atomic mass is 10.1. The first-order valence-electron chi connectivity index (χ1n) is 6.10. The Morgan fingerprint density at radius 2 is 1.95 bits per heavy atom. The van der Waals surface area contributed by atoms with Crippen LogP contribution < -0.4 is 5.73 Å². The normalized spacial score (nSPS) is 10.2. The summed E-state index contributed by atoms with van der Waals surface area (Å²) in [5, 5.41) is 0. The SMILES string of the molecule is Cc1cc(C(=O)N(C)Cc2ccccc2)cc(N)n1. The number of nitrogens with zero attached hydrogens (tertiary/aromatic N) is 2. The molecule has 4 nitrogen and oxygen atoms in total. The molecule has 0 saturated carbocycles. The van der Waals surface area contributed by atoms with Crippen molar-refractivity contribution in [2.24, 2.45) is 0 Å². The van der Waals surface area contributed by atoms with E-state index in [1.54, 1.807) is 24.1 Å². The first-order chi connectivity index (χ1) is 9.06. The number of pyridine rings is 1. The predicted molar refractivity (Wildman–Crippen MR) is 75.6 cm³/mol. The lowest BCUT2D eigenvalue weighted by Gasteiger charge is -2.17. The minimum Gasteiger partial charge on any atom is -0.384 e. The lowest BCUT2D eigenvalue weighted by Crippen LogP contribution is -2.26. The zero-order chi connectivity index (χ0) is 13.8. The van der Waals surface area contributed by atoms with Crippen LogP contribution in [0, 0.1) is 6.92 Å². The first kappa shape index (κ1) is 13.1. The van der Waals surface area contributed by atoms with Crippen molar-refractivity contribution < 1.29 is 4.79 Å². The van der Waals surface area contributed by atoms with Crippen LogP contribution in [-0.4, -0.2) is 22.8 Å². The number of hydrogen-bond donors (Lipinski definition) is 1. The third kappa shape index (κ3) is 3.31. The molecular weight excluding hydrogens is 238 g/mol. The van der Waals surface area contributed by atoms with Gasteiger partial charge in [0.2, 0.25) is 0 Å². The van der Waals surface area contributed by atoms with E-state index >= 15 is 0 Å². The van der Waals surface area contributed by atoms with Crippen molar-refractivity contribution in [3.05, 3.63) is 59.3 Å². The Balaban J connectivity index is 2.15. The quantitative estimate of drug-likeness (QED) is 0.915. The summed E-state index contributed by atoms with van der Waals surface area (Å²) in [7, 11) is 1.78. The number of amides is 1. The highest BCUT2D eigenvalue weighted by Crippen LogP contribution is 2.11. The second-order valence-corrected chi connectivity index (χ2v) is 4.57. The van der Waals surface area contributed by atoms with Crippen molar-refractivity contribution >= 4 is 11.7 Å². The summed E-state index contributed by atoms with van der Waals surface area (Å²) in [6.07, 6.45) is 0. The Morgan fingerprint density at radius 1 is 1.26 bits per heavy atom. The number of anilines is 1. The van der Waals surface area contributed by atoms with Crippen LogP contribution in [0.1, 0.15) is 21.6 Å². The Labute approximate surface area is 112 Å². The van der Waals surface area contributed by atoms with Crippen LogP contribution in [-0.2, 0) is 6.54 Å². The molecule has 0 saturated heterocycles. The molecule has 1 heterocycles. The molecule has 0 bridgehead atoms. The number of rotatable bonds is 3. The van der Waals surface area contributed by atoms with Gasteiger partial charge in [0.15, 0.2) is 0 Å². The van der Waals surface area contributed by atoms with Crippen molar-refractivity contribution in [3.63, 3.8) is 0 Å². The average molecular weight is 255 g/mol. The van der Waals surface area contributed by atoms with E-state index in [2.05, 4.69) is 4.98 Å². The third-order valence-electron chi connectivity index (χ3n) is 2.83. The van der Waals surface area contributed by atoms with Gasteiger partial charge in [-0.15, -0.1) is 0 Å². The van der Waals surface area contributed by atoms with Crippen LogP contribution in [0.3, 0.4) is 0 Å². The molecule has 1 aromatic carbocycles. The van der Waals surface area contributed by atoms with Gasteiger partial charge in [0, 0.05) is 24.8 Å². The number of hydrogen-bond acceptors (Lipinski definition) is 3. The van der Waals surface area contributed by atoms with Crippen LogP contribution in [0.5, 0.6) is 0 Å². The van der Waals surface area contributed by atoms with Gasteiger partial charge >= 0.3 is 0 Å². The second kappa shape index (κ2) is 5.52. The van der Waals surface area contributed by atoms with E-state index in [0.29, 0.717) is 17.9 Å². The van der Waals surface area contributed by atoms with Crippen molar-refractivity contribution in [1.82, 2.24) is 9.88 Å². The highest BCUT2D eigenvalue weighted by molar-refractivity contribution is 5.94. The largest absolute Gasteiger partial charge is 0.384 e. The topological polar surface area (TPSA) is 59.2 Å². The maximum Gasteiger partial charge on any atom is 0.254 e. The molecule has 0 aliphatic rings. The van der Waals surface area contributed by atoms with Crippen LogP contribution in [0.4, 0.5) is 5.82 Å². The summed E-state index contributed by atoms with van der Waals surface area (Å²) < 4.78 is 0. The fourth-order valence-electron chi connectivity index (χ4n) is 1.97. The predicted octanol–water partition coefficient (Wildman–Crippen LogP) is 2.24. The summed E-state index contributed by atoms with van der Waals surface area (Å²) in [4.78, 5) is 18.0. The van der Waals surface area contributed by atoms with Gasteiger partial charge < -0.3 is 10.6 Å². The molecule has 0 atom stereocenters. The maximum atomic E-state index is 12.3. The molecule has 1 amide bonds. The minimum absolute atomic E-state index is 0.0546. The molecule has 0 unspecified atom stereocenters.